The van der Waals surface area contributed by atoms with Gasteiger partial charge in [0.15, 0.2) is 0 Å². The summed E-state index contributed by atoms with van der Waals surface area (Å²) in [6, 6.07) is 10.7. The van der Waals surface area contributed by atoms with Crippen molar-refractivity contribution in [1.82, 2.24) is 15.1 Å². The van der Waals surface area contributed by atoms with Gasteiger partial charge in [0.2, 0.25) is 0 Å². The van der Waals surface area contributed by atoms with Crippen molar-refractivity contribution in [3.8, 4) is 0 Å². The van der Waals surface area contributed by atoms with E-state index in [2.05, 4.69) is 59.5 Å². The summed E-state index contributed by atoms with van der Waals surface area (Å²) >= 11 is 0. The molecule has 0 bridgehead atoms. The predicted molar refractivity (Wildman–Crippen MR) is 118 cm³/mol. The summed E-state index contributed by atoms with van der Waals surface area (Å²) in [5, 5.41) is 13.1. The van der Waals surface area contributed by atoms with Gasteiger partial charge in [-0.15, -0.1) is 0 Å². The highest BCUT2D eigenvalue weighted by atomic mass is 16.4. The Hall–Kier alpha value is -1.43. The van der Waals surface area contributed by atoms with Gasteiger partial charge in [0.05, 0.1) is 0 Å². The van der Waals surface area contributed by atoms with Crippen LogP contribution in [-0.4, -0.2) is 66.7 Å². The molecule has 1 aromatic rings. The van der Waals surface area contributed by atoms with Crippen LogP contribution in [0.4, 0.5) is 0 Å². The van der Waals surface area contributed by atoms with E-state index in [1.807, 2.05) is 0 Å². The van der Waals surface area contributed by atoms with Gasteiger partial charge in [-0.25, -0.2) is 0 Å². The molecule has 1 aliphatic carbocycles. The van der Waals surface area contributed by atoms with Crippen LogP contribution in [0.15, 0.2) is 30.3 Å². The van der Waals surface area contributed by atoms with Crippen LogP contribution in [0, 0.1) is 5.41 Å². The lowest BCUT2D eigenvalue weighted by molar-refractivity contribution is -0.140. The van der Waals surface area contributed by atoms with Crippen LogP contribution in [-0.2, 0) is 11.3 Å². The Balaban J connectivity index is 1.41. The Morgan fingerprint density at radius 1 is 1.21 bits per heavy atom. The first-order chi connectivity index (χ1) is 14.0. The summed E-state index contributed by atoms with van der Waals surface area (Å²) in [7, 11) is 4.13. The van der Waals surface area contributed by atoms with Crippen LogP contribution < -0.4 is 5.32 Å². The molecule has 1 heterocycles. The quantitative estimate of drug-likeness (QED) is 0.587. The van der Waals surface area contributed by atoms with Crippen LogP contribution in [0.3, 0.4) is 0 Å². The van der Waals surface area contributed by atoms with Crippen LogP contribution in [0.1, 0.15) is 56.9 Å². The zero-order valence-corrected chi connectivity index (χ0v) is 18.3. The number of benzene rings is 1. The topological polar surface area (TPSA) is 55.8 Å². The molecule has 29 heavy (non-hydrogen) atoms. The highest BCUT2D eigenvalue weighted by molar-refractivity contribution is 5.73. The van der Waals surface area contributed by atoms with Crippen LogP contribution in [0.5, 0.6) is 0 Å². The molecule has 5 nitrogen and oxygen atoms in total. The molecular formula is C24H39N3O2. The number of unbranched alkanes of at least 4 members (excludes halogenated alkanes) is 1. The molecule has 0 aromatic heterocycles. The van der Waals surface area contributed by atoms with Crippen molar-refractivity contribution in [2.75, 3.05) is 33.7 Å². The van der Waals surface area contributed by atoms with Crippen molar-refractivity contribution in [2.45, 2.75) is 70.0 Å². The first kappa shape index (κ1) is 22.3. The minimum atomic E-state index is -0.690. The third kappa shape index (κ3) is 6.80. The van der Waals surface area contributed by atoms with E-state index in [9.17, 15) is 9.90 Å². The standard InChI is InChI=1S/C24H39N3O2/c1-26(2)16-7-6-10-22(23(28)29)25-21-11-13-24(14-12-21)15-17-27(19-24)18-20-8-4-3-5-9-20/h3-5,8-9,21-22,25H,6-7,10-19H2,1-2H3,(H,28,29). The summed E-state index contributed by atoms with van der Waals surface area (Å²) in [5.41, 5.74) is 1.86. The van der Waals surface area contributed by atoms with Crippen molar-refractivity contribution >= 4 is 5.97 Å². The Morgan fingerprint density at radius 3 is 2.59 bits per heavy atom. The number of rotatable bonds is 10. The number of carboxylic acids is 1. The molecule has 0 radical (unpaired) electrons. The Kier molecular flexibility index (Phi) is 8.10. The summed E-state index contributed by atoms with van der Waals surface area (Å²) in [4.78, 5) is 16.5. The lowest BCUT2D eigenvalue weighted by atomic mass is 9.72. The van der Waals surface area contributed by atoms with Crippen molar-refractivity contribution in [1.29, 1.82) is 0 Å². The van der Waals surface area contributed by atoms with Gasteiger partial charge in [-0.2, -0.15) is 0 Å². The fourth-order valence-electron chi connectivity index (χ4n) is 5.15. The largest absolute Gasteiger partial charge is 0.480 e. The van der Waals surface area contributed by atoms with Crippen molar-refractivity contribution in [2.24, 2.45) is 5.41 Å². The van der Waals surface area contributed by atoms with Gasteiger partial charge in [0, 0.05) is 19.1 Å². The third-order valence-corrected chi connectivity index (χ3v) is 6.90. The number of aliphatic carboxylic acids is 1. The number of nitrogens with one attached hydrogen (secondary N) is 1. The molecule has 5 heteroatoms. The molecule has 2 N–H and O–H groups in total. The van der Waals surface area contributed by atoms with Gasteiger partial charge >= 0.3 is 5.97 Å². The van der Waals surface area contributed by atoms with Crippen LogP contribution >= 0.6 is 0 Å². The second-order valence-electron chi connectivity index (χ2n) is 9.58. The number of hydrogen-bond acceptors (Lipinski definition) is 4. The molecule has 3 rings (SSSR count). The van der Waals surface area contributed by atoms with Gasteiger partial charge < -0.3 is 15.3 Å². The second-order valence-corrected chi connectivity index (χ2v) is 9.58. The molecule has 1 atom stereocenters. The maximum Gasteiger partial charge on any atom is 0.320 e. The van der Waals surface area contributed by atoms with E-state index in [-0.39, 0.29) is 0 Å². The van der Waals surface area contributed by atoms with E-state index in [4.69, 9.17) is 0 Å². The molecule has 2 aliphatic rings. The fraction of sp³-hybridized carbons (Fsp3) is 0.708. The maximum absolute atomic E-state index is 11.7. The third-order valence-electron chi connectivity index (χ3n) is 6.90. The average molecular weight is 402 g/mol. The zero-order chi connectivity index (χ0) is 20.7. The van der Waals surface area contributed by atoms with Gasteiger partial charge in [-0.05, 0) is 83.1 Å². The van der Waals surface area contributed by atoms with E-state index in [1.165, 1.54) is 37.9 Å². The van der Waals surface area contributed by atoms with Gasteiger partial charge in [0.1, 0.15) is 6.04 Å². The highest BCUT2D eigenvalue weighted by Gasteiger charge is 2.41. The zero-order valence-electron chi connectivity index (χ0n) is 18.3. The summed E-state index contributed by atoms with van der Waals surface area (Å²) in [5.74, 6) is -0.690. The molecule has 2 fully saturated rings. The predicted octanol–water partition coefficient (Wildman–Crippen LogP) is 3.60. The normalized spacial score (nSPS) is 26.2. The molecular weight excluding hydrogens is 362 g/mol. The molecule has 1 spiro atoms. The molecule has 1 aliphatic heterocycles. The average Bonchev–Trinajstić information content (AvgIpc) is 3.08. The Bertz CT molecular complexity index is 626. The minimum Gasteiger partial charge on any atom is -0.480 e. The fourth-order valence-corrected chi connectivity index (χ4v) is 5.15. The second kappa shape index (κ2) is 10.6. The van der Waals surface area contributed by atoms with Gasteiger partial charge in [0.25, 0.3) is 0 Å². The number of carbonyl (C=O) groups is 1. The van der Waals surface area contributed by atoms with Crippen molar-refractivity contribution < 1.29 is 9.90 Å². The molecule has 162 valence electrons. The van der Waals surface area contributed by atoms with Crippen LogP contribution in [0.2, 0.25) is 0 Å². The van der Waals surface area contributed by atoms with E-state index >= 15 is 0 Å². The van der Waals surface area contributed by atoms with Gasteiger partial charge in [-0.1, -0.05) is 36.8 Å². The first-order valence-electron chi connectivity index (χ1n) is 11.4. The monoisotopic (exact) mass is 401 g/mol. The highest BCUT2D eigenvalue weighted by Crippen LogP contribution is 2.44. The summed E-state index contributed by atoms with van der Waals surface area (Å²) in [6.07, 6.45) is 8.72. The number of nitrogens with zero attached hydrogens (tertiary/aromatic N) is 2. The van der Waals surface area contributed by atoms with E-state index in [1.54, 1.807) is 0 Å². The lowest BCUT2D eigenvalue weighted by Crippen LogP contribution is -2.46. The molecule has 1 saturated heterocycles. The molecule has 0 amide bonds. The van der Waals surface area contributed by atoms with E-state index in [0.29, 0.717) is 11.5 Å². The first-order valence-corrected chi connectivity index (χ1v) is 11.4. The molecule has 1 aromatic carbocycles. The molecule has 1 unspecified atom stereocenters. The maximum atomic E-state index is 11.7. The van der Waals surface area contributed by atoms with Crippen molar-refractivity contribution in [3.05, 3.63) is 35.9 Å². The minimum absolute atomic E-state index is 0.360. The lowest BCUT2D eigenvalue weighted by Gasteiger charge is -2.38. The van der Waals surface area contributed by atoms with Crippen LogP contribution in [0.25, 0.3) is 0 Å². The van der Waals surface area contributed by atoms with E-state index < -0.39 is 12.0 Å². The number of carboxylic acid groups (broad SMARTS) is 1. The molecule has 1 saturated carbocycles. The Labute approximate surface area is 176 Å². The summed E-state index contributed by atoms with van der Waals surface area (Å²) in [6.45, 7) is 4.47. The van der Waals surface area contributed by atoms with E-state index in [0.717, 1.165) is 45.2 Å². The smallest absolute Gasteiger partial charge is 0.320 e. The SMILES string of the molecule is CN(C)CCCCC(NC1CCC2(CC1)CCN(Cc1ccccc1)C2)C(=O)O. The summed E-state index contributed by atoms with van der Waals surface area (Å²) < 4.78 is 0. The Morgan fingerprint density at radius 2 is 1.93 bits per heavy atom. The number of likely N-dealkylation sites (tertiary alicyclic amines) is 1. The van der Waals surface area contributed by atoms with Gasteiger partial charge in [-0.3, -0.25) is 9.69 Å². The van der Waals surface area contributed by atoms with Crippen molar-refractivity contribution in [3.63, 3.8) is 0 Å². The number of hydrogen-bond donors (Lipinski definition) is 2.